The van der Waals surface area contributed by atoms with Crippen molar-refractivity contribution in [3.8, 4) is 22.6 Å². The average molecular weight is 462 g/mol. The summed E-state index contributed by atoms with van der Waals surface area (Å²) in [6.45, 7) is -0.0545. The quantitative estimate of drug-likeness (QED) is 0.406. The molecular formula is C24H24FN7O2. The Morgan fingerprint density at radius 1 is 1.18 bits per heavy atom. The maximum absolute atomic E-state index is 14.3. The number of aromatic amines is 1. The van der Waals surface area contributed by atoms with Gasteiger partial charge in [0.2, 0.25) is 5.56 Å². The molecule has 4 aromatic rings. The molecule has 4 rings (SSSR count). The maximum atomic E-state index is 14.3. The minimum atomic E-state index is -0.594. The highest BCUT2D eigenvalue weighted by Crippen LogP contribution is 2.29. The molecule has 0 aliphatic rings. The van der Waals surface area contributed by atoms with Crippen LogP contribution in [-0.4, -0.2) is 39.5 Å². The number of amides is 1. The fourth-order valence-corrected chi connectivity index (χ4v) is 3.45. The van der Waals surface area contributed by atoms with Crippen molar-refractivity contribution < 1.29 is 9.18 Å². The lowest BCUT2D eigenvalue weighted by Crippen LogP contribution is -2.26. The van der Waals surface area contributed by atoms with Crippen molar-refractivity contribution in [2.24, 2.45) is 7.05 Å². The van der Waals surface area contributed by atoms with Crippen LogP contribution in [0.25, 0.3) is 22.6 Å². The van der Waals surface area contributed by atoms with Crippen molar-refractivity contribution in [2.45, 2.75) is 6.54 Å². The number of nitrogens with zero attached hydrogens (tertiary/aromatic N) is 4. The number of nitrogens with one attached hydrogen (secondary N) is 2. The minimum Gasteiger partial charge on any atom is -0.382 e. The standard InChI is InChI=1S/C24H24FN7O2/c1-31(2)16-7-8-17(25)15(11-16)12-28-24(34)22-23(26)30-21(18-5-4-10-27-18)20(29-22)14-6-9-19(33)32(3)13-14/h4-11,13,27H,12H2,1-3H3,(H2,26,30)(H,28,34). The number of nitrogens with two attached hydrogens (primary N) is 1. The summed E-state index contributed by atoms with van der Waals surface area (Å²) in [6, 6.07) is 11.3. The first-order valence-electron chi connectivity index (χ1n) is 10.5. The second-order valence-corrected chi connectivity index (χ2v) is 7.96. The van der Waals surface area contributed by atoms with E-state index in [0.29, 0.717) is 28.2 Å². The zero-order valence-electron chi connectivity index (χ0n) is 19.0. The number of halogens is 1. The van der Waals surface area contributed by atoms with E-state index >= 15 is 0 Å². The monoisotopic (exact) mass is 461 g/mol. The van der Waals surface area contributed by atoms with Gasteiger partial charge in [0.1, 0.15) is 17.2 Å². The van der Waals surface area contributed by atoms with Crippen LogP contribution >= 0.6 is 0 Å². The van der Waals surface area contributed by atoms with E-state index in [-0.39, 0.29) is 23.6 Å². The fourth-order valence-electron chi connectivity index (χ4n) is 3.45. The van der Waals surface area contributed by atoms with Gasteiger partial charge in [-0.2, -0.15) is 0 Å². The molecule has 4 N–H and O–H groups in total. The van der Waals surface area contributed by atoms with E-state index in [1.165, 1.54) is 16.7 Å². The van der Waals surface area contributed by atoms with Crippen LogP contribution < -0.4 is 21.5 Å². The van der Waals surface area contributed by atoms with E-state index in [9.17, 15) is 14.0 Å². The molecule has 3 heterocycles. The van der Waals surface area contributed by atoms with E-state index in [4.69, 9.17) is 5.73 Å². The molecule has 3 aromatic heterocycles. The summed E-state index contributed by atoms with van der Waals surface area (Å²) < 4.78 is 15.7. The Morgan fingerprint density at radius 3 is 2.65 bits per heavy atom. The van der Waals surface area contributed by atoms with Crippen molar-refractivity contribution in [1.82, 2.24) is 24.8 Å². The Labute approximate surface area is 195 Å². The molecule has 10 heteroatoms. The lowest BCUT2D eigenvalue weighted by atomic mass is 10.1. The highest BCUT2D eigenvalue weighted by Gasteiger charge is 2.21. The van der Waals surface area contributed by atoms with Gasteiger partial charge in [-0.15, -0.1) is 0 Å². The summed E-state index contributed by atoms with van der Waals surface area (Å²) in [5, 5.41) is 2.67. The molecular weight excluding hydrogens is 437 g/mol. The Hall–Kier alpha value is -4.47. The third-order valence-electron chi connectivity index (χ3n) is 5.34. The minimum absolute atomic E-state index is 0.0545. The Morgan fingerprint density at radius 2 is 1.97 bits per heavy atom. The topological polar surface area (TPSA) is 122 Å². The molecule has 0 aliphatic heterocycles. The second kappa shape index (κ2) is 9.18. The van der Waals surface area contributed by atoms with Crippen LogP contribution in [0.15, 0.2) is 59.7 Å². The number of aryl methyl sites for hydroxylation is 1. The highest BCUT2D eigenvalue weighted by atomic mass is 19.1. The largest absolute Gasteiger partial charge is 0.382 e. The van der Waals surface area contributed by atoms with E-state index in [2.05, 4.69) is 20.3 Å². The summed E-state index contributed by atoms with van der Waals surface area (Å²) in [5.41, 5.74) is 8.99. The molecule has 174 valence electrons. The van der Waals surface area contributed by atoms with Crippen LogP contribution in [-0.2, 0) is 13.6 Å². The van der Waals surface area contributed by atoms with Crippen molar-refractivity contribution in [1.29, 1.82) is 0 Å². The number of nitrogen functional groups attached to an aromatic ring is 1. The number of H-pyrrole nitrogens is 1. The number of hydrogen-bond donors (Lipinski definition) is 3. The number of carbonyl (C=O) groups excluding carboxylic acids is 1. The van der Waals surface area contributed by atoms with Crippen molar-refractivity contribution in [3.63, 3.8) is 0 Å². The Bertz CT molecular complexity index is 1410. The normalized spacial score (nSPS) is 10.8. The summed E-state index contributed by atoms with van der Waals surface area (Å²) in [6.07, 6.45) is 3.34. The van der Waals surface area contributed by atoms with E-state index < -0.39 is 11.7 Å². The van der Waals surface area contributed by atoms with Crippen molar-refractivity contribution in [2.75, 3.05) is 24.7 Å². The van der Waals surface area contributed by atoms with Gasteiger partial charge in [-0.1, -0.05) is 0 Å². The molecule has 0 unspecified atom stereocenters. The zero-order valence-corrected chi connectivity index (χ0v) is 19.0. The molecule has 0 atom stereocenters. The molecule has 0 saturated carbocycles. The SMILES string of the molecule is CN(C)c1ccc(F)c(CNC(=O)c2nc(-c3ccc(=O)n(C)c3)c(-c3ccc[nH]3)nc2N)c1. The molecule has 0 saturated heterocycles. The highest BCUT2D eigenvalue weighted by molar-refractivity contribution is 5.97. The number of pyridine rings is 1. The third kappa shape index (κ3) is 4.51. The van der Waals surface area contributed by atoms with Gasteiger partial charge in [0.15, 0.2) is 11.5 Å². The van der Waals surface area contributed by atoms with Gasteiger partial charge >= 0.3 is 0 Å². The lowest BCUT2D eigenvalue weighted by molar-refractivity contribution is 0.0946. The number of aromatic nitrogens is 4. The van der Waals surface area contributed by atoms with Gasteiger partial charge < -0.3 is 25.5 Å². The predicted molar refractivity (Wildman–Crippen MR) is 129 cm³/mol. The average Bonchev–Trinajstić information content (AvgIpc) is 3.34. The Kier molecular flexibility index (Phi) is 6.13. The van der Waals surface area contributed by atoms with Crippen LogP contribution in [0.1, 0.15) is 16.1 Å². The van der Waals surface area contributed by atoms with E-state index in [0.717, 1.165) is 5.69 Å². The first-order chi connectivity index (χ1) is 16.2. The zero-order chi connectivity index (χ0) is 24.4. The molecule has 34 heavy (non-hydrogen) atoms. The molecule has 0 bridgehead atoms. The summed E-state index contributed by atoms with van der Waals surface area (Å²) in [7, 11) is 5.31. The molecule has 0 radical (unpaired) electrons. The van der Waals surface area contributed by atoms with Gasteiger partial charge in [0.05, 0.1) is 5.69 Å². The third-order valence-corrected chi connectivity index (χ3v) is 5.34. The van der Waals surface area contributed by atoms with Crippen LogP contribution in [0.4, 0.5) is 15.9 Å². The summed E-state index contributed by atoms with van der Waals surface area (Å²) in [4.78, 5) is 38.7. The van der Waals surface area contributed by atoms with Crippen molar-refractivity contribution in [3.05, 3.63) is 82.3 Å². The summed E-state index contributed by atoms with van der Waals surface area (Å²) >= 11 is 0. The smallest absolute Gasteiger partial charge is 0.274 e. The molecule has 1 amide bonds. The molecule has 0 spiro atoms. The maximum Gasteiger partial charge on any atom is 0.274 e. The van der Waals surface area contributed by atoms with E-state index in [1.807, 2.05) is 19.0 Å². The lowest BCUT2D eigenvalue weighted by Gasteiger charge is -2.15. The van der Waals surface area contributed by atoms with Gasteiger partial charge in [-0.25, -0.2) is 14.4 Å². The second-order valence-electron chi connectivity index (χ2n) is 7.96. The fraction of sp³-hybridized carbons (Fsp3) is 0.167. The van der Waals surface area contributed by atoms with Crippen LogP contribution in [0.2, 0.25) is 0 Å². The number of carbonyl (C=O) groups is 1. The van der Waals surface area contributed by atoms with Gasteiger partial charge in [0.25, 0.3) is 5.91 Å². The Balaban J connectivity index is 1.71. The number of rotatable bonds is 6. The van der Waals surface area contributed by atoms with Gasteiger partial charge in [0, 0.05) is 63.0 Å². The number of benzene rings is 1. The molecule has 0 aliphatic carbocycles. The first-order valence-corrected chi connectivity index (χ1v) is 10.5. The molecule has 0 fully saturated rings. The van der Waals surface area contributed by atoms with Crippen LogP contribution in [0.5, 0.6) is 0 Å². The molecule has 9 nitrogen and oxygen atoms in total. The van der Waals surface area contributed by atoms with Crippen molar-refractivity contribution >= 4 is 17.4 Å². The van der Waals surface area contributed by atoms with E-state index in [1.54, 1.807) is 49.8 Å². The summed E-state index contributed by atoms with van der Waals surface area (Å²) in [5.74, 6) is -1.10. The van der Waals surface area contributed by atoms with Crippen LogP contribution in [0, 0.1) is 5.82 Å². The van der Waals surface area contributed by atoms with Gasteiger partial charge in [-0.05, 0) is 36.4 Å². The van der Waals surface area contributed by atoms with Gasteiger partial charge in [-0.3, -0.25) is 9.59 Å². The first kappa shape index (κ1) is 22.7. The number of anilines is 2. The number of hydrogen-bond acceptors (Lipinski definition) is 6. The predicted octanol–water partition coefficient (Wildman–Crippen LogP) is 2.55. The molecule has 1 aromatic carbocycles. The van der Waals surface area contributed by atoms with Crippen LogP contribution in [0.3, 0.4) is 0 Å².